The molecule has 2 aromatic carbocycles. The van der Waals surface area contributed by atoms with Gasteiger partial charge in [-0.1, -0.05) is 12.1 Å². The fraction of sp³-hybridized carbons (Fsp3) is 0.300. The van der Waals surface area contributed by atoms with Crippen LogP contribution in [0.15, 0.2) is 48.5 Å². The molecule has 2 aromatic rings. The number of carbonyl (C=O) groups excluding carboxylic acids is 2. The standard InChI is InChI=1S/C20H24N2O4/c1-25-13-3-12-21-19(23)16-6-8-17(9-7-16)20(24)22-14-15-4-10-18(26-2)11-5-15/h4-11H,3,12-14H2,1-2H3,(H,21,23)(H,22,24). The zero-order valence-electron chi connectivity index (χ0n) is 15.1. The molecule has 0 saturated heterocycles. The molecular formula is C20H24N2O4. The fourth-order valence-electron chi connectivity index (χ4n) is 2.32. The lowest BCUT2D eigenvalue weighted by molar-refractivity contribution is 0.0937. The maximum Gasteiger partial charge on any atom is 0.251 e. The summed E-state index contributed by atoms with van der Waals surface area (Å²) in [5.41, 5.74) is 2.01. The number of nitrogens with one attached hydrogen (secondary N) is 2. The molecule has 0 aromatic heterocycles. The third-order valence-corrected chi connectivity index (χ3v) is 3.83. The van der Waals surface area contributed by atoms with Crippen LogP contribution in [0.5, 0.6) is 5.75 Å². The minimum Gasteiger partial charge on any atom is -0.497 e. The normalized spacial score (nSPS) is 10.2. The summed E-state index contributed by atoms with van der Waals surface area (Å²) < 4.78 is 10.0. The topological polar surface area (TPSA) is 76.7 Å². The van der Waals surface area contributed by atoms with Crippen molar-refractivity contribution < 1.29 is 19.1 Å². The largest absolute Gasteiger partial charge is 0.497 e. The highest BCUT2D eigenvalue weighted by atomic mass is 16.5. The van der Waals surface area contributed by atoms with Gasteiger partial charge in [0, 0.05) is 37.9 Å². The Morgan fingerprint density at radius 1 is 0.846 bits per heavy atom. The van der Waals surface area contributed by atoms with Gasteiger partial charge in [0.25, 0.3) is 11.8 Å². The van der Waals surface area contributed by atoms with Gasteiger partial charge in [0.1, 0.15) is 5.75 Å². The van der Waals surface area contributed by atoms with Gasteiger partial charge in [-0.3, -0.25) is 9.59 Å². The summed E-state index contributed by atoms with van der Waals surface area (Å²) in [5, 5.41) is 5.66. The SMILES string of the molecule is COCCCNC(=O)c1ccc(C(=O)NCc2ccc(OC)cc2)cc1. The van der Waals surface area contributed by atoms with Gasteiger partial charge in [-0.2, -0.15) is 0 Å². The molecule has 138 valence electrons. The van der Waals surface area contributed by atoms with E-state index in [1.165, 1.54) is 0 Å². The van der Waals surface area contributed by atoms with Crippen molar-refractivity contribution >= 4 is 11.8 Å². The van der Waals surface area contributed by atoms with Crippen molar-refractivity contribution in [3.8, 4) is 5.75 Å². The Kier molecular flexibility index (Phi) is 7.64. The van der Waals surface area contributed by atoms with Crippen LogP contribution in [0.1, 0.15) is 32.7 Å². The predicted molar refractivity (Wildman–Crippen MR) is 99.4 cm³/mol. The molecule has 0 atom stereocenters. The first kappa shape index (κ1) is 19.5. The molecule has 0 saturated carbocycles. The van der Waals surface area contributed by atoms with Crippen molar-refractivity contribution in [1.82, 2.24) is 10.6 Å². The Bertz CT molecular complexity index is 712. The van der Waals surface area contributed by atoms with Crippen molar-refractivity contribution in [2.45, 2.75) is 13.0 Å². The Morgan fingerprint density at radius 3 is 1.96 bits per heavy atom. The van der Waals surface area contributed by atoms with Crippen molar-refractivity contribution in [2.75, 3.05) is 27.4 Å². The highest BCUT2D eigenvalue weighted by molar-refractivity contribution is 5.97. The van der Waals surface area contributed by atoms with Gasteiger partial charge in [0.15, 0.2) is 0 Å². The molecule has 2 rings (SSSR count). The number of methoxy groups -OCH3 is 2. The second-order valence-electron chi connectivity index (χ2n) is 5.71. The number of hydrogen-bond acceptors (Lipinski definition) is 4. The summed E-state index contributed by atoms with van der Waals surface area (Å²) in [5.74, 6) is 0.426. The molecular weight excluding hydrogens is 332 g/mol. The van der Waals surface area contributed by atoms with E-state index in [4.69, 9.17) is 9.47 Å². The molecule has 26 heavy (non-hydrogen) atoms. The van der Waals surface area contributed by atoms with E-state index < -0.39 is 0 Å². The highest BCUT2D eigenvalue weighted by Crippen LogP contribution is 2.11. The van der Waals surface area contributed by atoms with Gasteiger partial charge in [-0.25, -0.2) is 0 Å². The number of carbonyl (C=O) groups is 2. The fourth-order valence-corrected chi connectivity index (χ4v) is 2.32. The van der Waals surface area contributed by atoms with Crippen molar-refractivity contribution in [1.29, 1.82) is 0 Å². The van der Waals surface area contributed by atoms with E-state index in [2.05, 4.69) is 10.6 Å². The Balaban J connectivity index is 1.84. The molecule has 0 bridgehead atoms. The van der Waals surface area contributed by atoms with Gasteiger partial charge >= 0.3 is 0 Å². The minimum absolute atomic E-state index is 0.161. The molecule has 0 unspecified atom stereocenters. The van der Waals surface area contributed by atoms with Crippen LogP contribution >= 0.6 is 0 Å². The zero-order valence-corrected chi connectivity index (χ0v) is 15.1. The van der Waals surface area contributed by atoms with Crippen LogP contribution in [0, 0.1) is 0 Å². The van der Waals surface area contributed by atoms with Crippen LogP contribution in [0.25, 0.3) is 0 Å². The minimum atomic E-state index is -0.187. The maximum absolute atomic E-state index is 12.2. The van der Waals surface area contributed by atoms with Crippen LogP contribution in [0.4, 0.5) is 0 Å². The molecule has 0 heterocycles. The summed E-state index contributed by atoms with van der Waals surface area (Å²) >= 11 is 0. The zero-order chi connectivity index (χ0) is 18.8. The number of rotatable bonds is 9. The lowest BCUT2D eigenvalue weighted by atomic mass is 10.1. The quantitative estimate of drug-likeness (QED) is 0.677. The van der Waals surface area contributed by atoms with Crippen molar-refractivity contribution in [3.63, 3.8) is 0 Å². The van der Waals surface area contributed by atoms with Gasteiger partial charge in [-0.05, 0) is 48.4 Å². The molecule has 0 fully saturated rings. The van der Waals surface area contributed by atoms with Crippen LogP contribution < -0.4 is 15.4 Å². The summed E-state index contributed by atoms with van der Waals surface area (Å²) in [6.07, 6.45) is 0.758. The molecule has 0 aliphatic rings. The molecule has 2 N–H and O–H groups in total. The number of amides is 2. The van der Waals surface area contributed by atoms with Crippen LogP contribution in [-0.2, 0) is 11.3 Å². The Hall–Kier alpha value is -2.86. The number of hydrogen-bond donors (Lipinski definition) is 2. The first-order chi connectivity index (χ1) is 12.6. The van der Waals surface area contributed by atoms with Crippen LogP contribution in [0.2, 0.25) is 0 Å². The van der Waals surface area contributed by atoms with Gasteiger partial charge in [0.2, 0.25) is 0 Å². The molecule has 0 radical (unpaired) electrons. The van der Waals surface area contributed by atoms with Crippen LogP contribution in [-0.4, -0.2) is 39.2 Å². The monoisotopic (exact) mass is 356 g/mol. The van der Waals surface area contributed by atoms with E-state index in [-0.39, 0.29) is 11.8 Å². The summed E-state index contributed by atoms with van der Waals surface area (Å²) in [4.78, 5) is 24.2. The molecule has 6 heteroatoms. The smallest absolute Gasteiger partial charge is 0.251 e. The molecule has 0 aliphatic carbocycles. The van der Waals surface area contributed by atoms with E-state index in [9.17, 15) is 9.59 Å². The second-order valence-corrected chi connectivity index (χ2v) is 5.71. The summed E-state index contributed by atoms with van der Waals surface area (Å²) in [6.45, 7) is 1.58. The first-order valence-electron chi connectivity index (χ1n) is 8.42. The van der Waals surface area contributed by atoms with E-state index in [1.807, 2.05) is 24.3 Å². The molecule has 6 nitrogen and oxygen atoms in total. The van der Waals surface area contributed by atoms with Gasteiger partial charge in [0.05, 0.1) is 7.11 Å². The summed E-state index contributed by atoms with van der Waals surface area (Å²) in [6, 6.07) is 14.1. The third-order valence-electron chi connectivity index (χ3n) is 3.83. The number of benzene rings is 2. The Labute approximate surface area is 153 Å². The summed E-state index contributed by atoms with van der Waals surface area (Å²) in [7, 11) is 3.24. The average molecular weight is 356 g/mol. The highest BCUT2D eigenvalue weighted by Gasteiger charge is 2.08. The van der Waals surface area contributed by atoms with E-state index in [1.54, 1.807) is 38.5 Å². The van der Waals surface area contributed by atoms with E-state index in [0.717, 1.165) is 17.7 Å². The van der Waals surface area contributed by atoms with E-state index >= 15 is 0 Å². The van der Waals surface area contributed by atoms with Crippen molar-refractivity contribution in [2.24, 2.45) is 0 Å². The van der Waals surface area contributed by atoms with E-state index in [0.29, 0.717) is 30.8 Å². The maximum atomic E-state index is 12.2. The Morgan fingerprint density at radius 2 is 1.42 bits per heavy atom. The second kappa shape index (κ2) is 10.2. The van der Waals surface area contributed by atoms with Gasteiger partial charge in [-0.15, -0.1) is 0 Å². The molecule has 0 aliphatic heterocycles. The van der Waals surface area contributed by atoms with Gasteiger partial charge < -0.3 is 20.1 Å². The average Bonchev–Trinajstić information content (AvgIpc) is 2.69. The molecule has 2 amide bonds. The lowest BCUT2D eigenvalue weighted by Gasteiger charge is -2.08. The lowest BCUT2D eigenvalue weighted by Crippen LogP contribution is -2.26. The number of ether oxygens (including phenoxy) is 2. The third kappa shape index (κ3) is 5.89. The van der Waals surface area contributed by atoms with Crippen LogP contribution in [0.3, 0.4) is 0 Å². The first-order valence-corrected chi connectivity index (χ1v) is 8.42. The predicted octanol–water partition coefficient (Wildman–Crippen LogP) is 2.39. The van der Waals surface area contributed by atoms with Crippen molar-refractivity contribution in [3.05, 3.63) is 65.2 Å². The molecule has 0 spiro atoms.